The monoisotopic (exact) mass is 263 g/mol. The van der Waals surface area contributed by atoms with Gasteiger partial charge < -0.3 is 10.8 Å². The molecule has 4 heteroatoms. The number of phenolic OH excluding ortho intramolecular Hbond substituents is 1. The van der Waals surface area contributed by atoms with E-state index in [2.05, 4.69) is 11.1 Å². The van der Waals surface area contributed by atoms with E-state index in [1.807, 2.05) is 0 Å². The maximum absolute atomic E-state index is 9.18. The summed E-state index contributed by atoms with van der Waals surface area (Å²) in [5.41, 5.74) is 7.89. The average molecular weight is 263 g/mol. The highest BCUT2D eigenvalue weighted by atomic mass is 16.3. The second-order valence-electron chi connectivity index (χ2n) is 4.12. The van der Waals surface area contributed by atoms with Gasteiger partial charge in [0.05, 0.1) is 17.3 Å². The number of nitriles is 1. The first-order chi connectivity index (χ1) is 9.67. The number of amidine groups is 1. The van der Waals surface area contributed by atoms with Gasteiger partial charge in [0.25, 0.3) is 0 Å². The Bertz CT molecular complexity index is 694. The highest BCUT2D eigenvalue weighted by Gasteiger charge is 1.94. The minimum atomic E-state index is 0.220. The van der Waals surface area contributed by atoms with Crippen molar-refractivity contribution in [2.24, 2.45) is 10.7 Å². The van der Waals surface area contributed by atoms with Crippen LogP contribution in [0.2, 0.25) is 0 Å². The molecule has 0 atom stereocenters. The molecule has 4 nitrogen and oxygen atoms in total. The number of nitrogens with two attached hydrogens (primary N) is 1. The number of rotatable bonds is 3. The molecular weight excluding hydrogens is 250 g/mol. The summed E-state index contributed by atoms with van der Waals surface area (Å²) in [5.74, 6) is 0.560. The molecule has 0 radical (unpaired) electrons. The topological polar surface area (TPSA) is 82.4 Å². The molecule has 0 spiro atoms. The van der Waals surface area contributed by atoms with Gasteiger partial charge in [0, 0.05) is 0 Å². The molecule has 0 aliphatic carbocycles. The lowest BCUT2D eigenvalue weighted by Crippen LogP contribution is -2.06. The summed E-state index contributed by atoms with van der Waals surface area (Å²) in [5, 5.41) is 18.0. The normalized spacial score (nSPS) is 11.4. The van der Waals surface area contributed by atoms with Crippen LogP contribution in [0.4, 0.5) is 5.69 Å². The zero-order valence-electron chi connectivity index (χ0n) is 10.7. The summed E-state index contributed by atoms with van der Waals surface area (Å²) in [4.78, 5) is 4.21. The number of aromatic hydroxyl groups is 1. The third-order valence-corrected chi connectivity index (χ3v) is 2.57. The van der Waals surface area contributed by atoms with Gasteiger partial charge in [0.15, 0.2) is 0 Å². The molecule has 0 aromatic heterocycles. The Morgan fingerprint density at radius 2 is 1.95 bits per heavy atom. The van der Waals surface area contributed by atoms with Crippen molar-refractivity contribution in [2.45, 2.75) is 0 Å². The Hall–Kier alpha value is -3.06. The molecule has 0 aliphatic heterocycles. The summed E-state index contributed by atoms with van der Waals surface area (Å²) in [6, 6.07) is 15.7. The largest absolute Gasteiger partial charge is 0.508 e. The predicted octanol–water partition coefficient (Wildman–Crippen LogP) is 2.97. The quantitative estimate of drug-likeness (QED) is 0.659. The molecule has 2 aromatic rings. The molecule has 2 rings (SSSR count). The van der Waals surface area contributed by atoms with Crippen LogP contribution in [0.5, 0.6) is 5.75 Å². The van der Waals surface area contributed by atoms with Crippen LogP contribution in [0.25, 0.3) is 6.08 Å². The first-order valence-corrected chi connectivity index (χ1v) is 5.99. The van der Waals surface area contributed by atoms with E-state index in [4.69, 9.17) is 11.0 Å². The molecule has 0 unspecified atom stereocenters. The Balaban J connectivity index is 2.14. The van der Waals surface area contributed by atoms with Gasteiger partial charge in [-0.2, -0.15) is 5.26 Å². The minimum Gasteiger partial charge on any atom is -0.508 e. The van der Waals surface area contributed by atoms with E-state index < -0.39 is 0 Å². The SMILES string of the molecule is N#Cc1cccc(N=C(N)/C=C/c2ccc(O)cc2)c1. The number of phenols is 1. The van der Waals surface area contributed by atoms with Gasteiger partial charge >= 0.3 is 0 Å². The molecule has 0 fully saturated rings. The van der Waals surface area contributed by atoms with E-state index in [0.29, 0.717) is 17.1 Å². The fourth-order valence-electron chi connectivity index (χ4n) is 1.60. The first kappa shape index (κ1) is 13.4. The van der Waals surface area contributed by atoms with Gasteiger partial charge in [0.2, 0.25) is 0 Å². The lowest BCUT2D eigenvalue weighted by atomic mass is 10.2. The Morgan fingerprint density at radius 3 is 2.65 bits per heavy atom. The van der Waals surface area contributed by atoms with Crippen molar-refractivity contribution < 1.29 is 5.11 Å². The molecule has 98 valence electrons. The summed E-state index contributed by atoms with van der Waals surface area (Å²) in [6.07, 6.45) is 3.47. The van der Waals surface area contributed by atoms with Crippen molar-refractivity contribution in [3.63, 3.8) is 0 Å². The van der Waals surface area contributed by atoms with E-state index in [1.54, 1.807) is 60.7 Å². The summed E-state index contributed by atoms with van der Waals surface area (Å²) in [6.45, 7) is 0. The zero-order valence-corrected chi connectivity index (χ0v) is 10.7. The molecule has 0 amide bonds. The molecule has 0 saturated carbocycles. The van der Waals surface area contributed by atoms with E-state index in [1.165, 1.54) is 0 Å². The van der Waals surface area contributed by atoms with Crippen molar-refractivity contribution in [3.8, 4) is 11.8 Å². The lowest BCUT2D eigenvalue weighted by Gasteiger charge is -1.97. The van der Waals surface area contributed by atoms with Crippen LogP contribution >= 0.6 is 0 Å². The summed E-state index contributed by atoms with van der Waals surface area (Å²) < 4.78 is 0. The minimum absolute atomic E-state index is 0.220. The maximum atomic E-state index is 9.18. The van der Waals surface area contributed by atoms with Crippen molar-refractivity contribution in [1.29, 1.82) is 5.26 Å². The van der Waals surface area contributed by atoms with Crippen molar-refractivity contribution in [2.75, 3.05) is 0 Å². The number of hydrogen-bond donors (Lipinski definition) is 2. The number of aliphatic imine (C=N–C) groups is 1. The van der Waals surface area contributed by atoms with E-state index in [0.717, 1.165) is 5.56 Å². The van der Waals surface area contributed by atoms with E-state index in [-0.39, 0.29) is 5.75 Å². The molecule has 0 bridgehead atoms. The second-order valence-corrected chi connectivity index (χ2v) is 4.12. The van der Waals surface area contributed by atoms with Gasteiger partial charge in [-0.3, -0.25) is 0 Å². The van der Waals surface area contributed by atoms with Gasteiger partial charge in [-0.25, -0.2) is 4.99 Å². The van der Waals surface area contributed by atoms with Crippen LogP contribution in [0.3, 0.4) is 0 Å². The van der Waals surface area contributed by atoms with Gasteiger partial charge in [-0.1, -0.05) is 24.3 Å². The molecule has 0 heterocycles. The highest BCUT2D eigenvalue weighted by molar-refractivity contribution is 5.96. The Morgan fingerprint density at radius 1 is 1.20 bits per heavy atom. The van der Waals surface area contributed by atoms with Crippen molar-refractivity contribution in [1.82, 2.24) is 0 Å². The van der Waals surface area contributed by atoms with Crippen LogP contribution in [0.1, 0.15) is 11.1 Å². The molecule has 20 heavy (non-hydrogen) atoms. The Kier molecular flexibility index (Phi) is 4.15. The van der Waals surface area contributed by atoms with Gasteiger partial charge in [-0.05, 0) is 42.0 Å². The van der Waals surface area contributed by atoms with Crippen LogP contribution in [0, 0.1) is 11.3 Å². The highest BCUT2D eigenvalue weighted by Crippen LogP contribution is 2.14. The number of benzene rings is 2. The van der Waals surface area contributed by atoms with Gasteiger partial charge in [-0.15, -0.1) is 0 Å². The van der Waals surface area contributed by atoms with Crippen LogP contribution in [-0.4, -0.2) is 10.9 Å². The standard InChI is InChI=1S/C16H13N3O/c17-11-13-2-1-3-14(10-13)19-16(18)9-6-12-4-7-15(20)8-5-12/h1-10,20H,(H2,18,19)/b9-6+. The maximum Gasteiger partial charge on any atom is 0.124 e. The smallest absolute Gasteiger partial charge is 0.124 e. The summed E-state index contributed by atoms with van der Waals surface area (Å²) >= 11 is 0. The lowest BCUT2D eigenvalue weighted by molar-refractivity contribution is 0.475. The number of hydrogen-bond acceptors (Lipinski definition) is 3. The van der Waals surface area contributed by atoms with Crippen LogP contribution in [0.15, 0.2) is 59.6 Å². The molecule has 0 saturated heterocycles. The third kappa shape index (κ3) is 3.72. The molecular formula is C16H13N3O. The fourth-order valence-corrected chi connectivity index (χ4v) is 1.60. The average Bonchev–Trinajstić information content (AvgIpc) is 2.47. The molecule has 3 N–H and O–H groups in total. The van der Waals surface area contributed by atoms with E-state index in [9.17, 15) is 5.11 Å². The number of nitrogens with zero attached hydrogens (tertiary/aromatic N) is 2. The third-order valence-electron chi connectivity index (χ3n) is 2.57. The fraction of sp³-hybridized carbons (Fsp3) is 0. The van der Waals surface area contributed by atoms with Crippen LogP contribution < -0.4 is 5.73 Å². The van der Waals surface area contributed by atoms with Crippen LogP contribution in [-0.2, 0) is 0 Å². The van der Waals surface area contributed by atoms with Gasteiger partial charge in [0.1, 0.15) is 11.6 Å². The molecule has 2 aromatic carbocycles. The van der Waals surface area contributed by atoms with Crippen molar-refractivity contribution in [3.05, 3.63) is 65.7 Å². The Labute approximate surface area is 117 Å². The first-order valence-electron chi connectivity index (χ1n) is 5.99. The summed E-state index contributed by atoms with van der Waals surface area (Å²) in [7, 11) is 0. The zero-order chi connectivity index (χ0) is 14.4. The predicted molar refractivity (Wildman–Crippen MR) is 79.6 cm³/mol. The molecule has 0 aliphatic rings. The van der Waals surface area contributed by atoms with Crippen molar-refractivity contribution >= 4 is 17.6 Å². The van der Waals surface area contributed by atoms with E-state index >= 15 is 0 Å². The second kappa shape index (κ2) is 6.21.